The predicted octanol–water partition coefficient (Wildman–Crippen LogP) is 1.95. The van der Waals surface area contributed by atoms with Crippen molar-refractivity contribution in [1.29, 1.82) is 0 Å². The molecule has 1 heterocycles. The van der Waals surface area contributed by atoms with E-state index in [-0.39, 0.29) is 24.9 Å². The van der Waals surface area contributed by atoms with Crippen LogP contribution in [0.5, 0.6) is 0 Å². The Bertz CT molecular complexity index is 679. The van der Waals surface area contributed by atoms with Crippen LogP contribution in [0.2, 0.25) is 0 Å². The van der Waals surface area contributed by atoms with Crippen molar-refractivity contribution < 1.29 is 23.8 Å². The van der Waals surface area contributed by atoms with E-state index in [0.29, 0.717) is 6.07 Å². The summed E-state index contributed by atoms with van der Waals surface area (Å²) in [5.74, 6) is -3.69. The summed E-state index contributed by atoms with van der Waals surface area (Å²) in [6, 6.07) is 2.80. The molecular formula is C15H17F2N3O3. The first-order chi connectivity index (χ1) is 10.9. The normalized spacial score (nSPS) is 15.1. The highest BCUT2D eigenvalue weighted by molar-refractivity contribution is 5.70. The molecule has 124 valence electrons. The first-order valence-electron chi connectivity index (χ1n) is 7.09. The Labute approximate surface area is 131 Å². The fourth-order valence-electron chi connectivity index (χ4n) is 2.52. The number of hydrogen-bond donors (Lipinski definition) is 2. The van der Waals surface area contributed by atoms with Gasteiger partial charge in [-0.2, -0.15) is 5.10 Å². The summed E-state index contributed by atoms with van der Waals surface area (Å²) < 4.78 is 28.5. The third kappa shape index (κ3) is 3.89. The Hall–Kier alpha value is -2.35. The van der Waals surface area contributed by atoms with Crippen molar-refractivity contribution in [3.63, 3.8) is 0 Å². The lowest BCUT2D eigenvalue weighted by molar-refractivity contribution is -0.145. The molecule has 0 saturated carbocycles. The molecule has 2 N–H and O–H groups in total. The number of aliphatic hydroxyl groups is 1. The summed E-state index contributed by atoms with van der Waals surface area (Å²) in [7, 11) is 0. The van der Waals surface area contributed by atoms with E-state index in [1.807, 2.05) is 0 Å². The summed E-state index contributed by atoms with van der Waals surface area (Å²) in [5, 5.41) is 24.0. The van der Waals surface area contributed by atoms with Crippen molar-refractivity contribution in [2.24, 2.45) is 5.92 Å². The van der Waals surface area contributed by atoms with Gasteiger partial charge < -0.3 is 10.2 Å². The number of nitrogens with zero attached hydrogens (tertiary/aromatic N) is 3. The van der Waals surface area contributed by atoms with Crippen molar-refractivity contribution in [1.82, 2.24) is 14.8 Å². The molecule has 6 nitrogen and oxygen atoms in total. The van der Waals surface area contributed by atoms with Gasteiger partial charge in [-0.05, 0) is 18.9 Å². The topological polar surface area (TPSA) is 88.2 Å². The van der Waals surface area contributed by atoms with Crippen LogP contribution in [-0.2, 0) is 16.9 Å². The fourth-order valence-corrected chi connectivity index (χ4v) is 2.52. The molecule has 0 bridgehead atoms. The number of carboxylic acid groups (broad SMARTS) is 1. The Morgan fingerprint density at radius 2 is 2.17 bits per heavy atom. The summed E-state index contributed by atoms with van der Waals surface area (Å²) in [5.41, 5.74) is -2.03. The van der Waals surface area contributed by atoms with Crippen LogP contribution in [0.25, 0.3) is 0 Å². The lowest BCUT2D eigenvalue weighted by Crippen LogP contribution is -2.37. The average molecular weight is 325 g/mol. The standard InChI is InChI=1S/C15H17F2N3O3/c1-2-10(14(21)22)6-15(23,7-20-9-18-8-19-20)12-4-3-11(16)5-13(12)17/h3-5,8-10,23H,2,6-7H2,1H3,(H,21,22)/t10-,15?/m1/s1. The average Bonchev–Trinajstić information content (AvgIpc) is 2.96. The molecule has 0 aliphatic rings. The Balaban J connectivity index is 2.43. The van der Waals surface area contributed by atoms with Gasteiger partial charge in [0.25, 0.3) is 0 Å². The number of benzene rings is 1. The first kappa shape index (κ1) is 17.0. The number of hydrogen-bond acceptors (Lipinski definition) is 4. The quantitative estimate of drug-likeness (QED) is 0.812. The van der Waals surface area contributed by atoms with E-state index in [2.05, 4.69) is 10.1 Å². The summed E-state index contributed by atoms with van der Waals surface area (Å²) >= 11 is 0. The number of halogens is 2. The molecule has 0 aliphatic heterocycles. The molecule has 0 fully saturated rings. The lowest BCUT2D eigenvalue weighted by atomic mass is 9.83. The highest BCUT2D eigenvalue weighted by Gasteiger charge is 2.37. The summed E-state index contributed by atoms with van der Waals surface area (Å²) in [4.78, 5) is 15.0. The second-order valence-corrected chi connectivity index (χ2v) is 5.40. The van der Waals surface area contributed by atoms with Crippen LogP contribution in [-0.4, -0.2) is 30.9 Å². The smallest absolute Gasteiger partial charge is 0.306 e. The van der Waals surface area contributed by atoms with Crippen molar-refractivity contribution in [3.05, 3.63) is 48.1 Å². The van der Waals surface area contributed by atoms with Crippen molar-refractivity contribution in [2.75, 3.05) is 0 Å². The second kappa shape index (κ2) is 6.82. The fraction of sp³-hybridized carbons (Fsp3) is 0.400. The lowest BCUT2D eigenvalue weighted by Gasteiger charge is -2.31. The third-order valence-corrected chi connectivity index (χ3v) is 3.75. The van der Waals surface area contributed by atoms with E-state index in [0.717, 1.165) is 12.1 Å². The zero-order valence-electron chi connectivity index (χ0n) is 12.5. The van der Waals surface area contributed by atoms with E-state index < -0.39 is 29.1 Å². The predicted molar refractivity (Wildman–Crippen MR) is 76.3 cm³/mol. The van der Waals surface area contributed by atoms with Crippen LogP contribution in [0.1, 0.15) is 25.3 Å². The van der Waals surface area contributed by atoms with Crippen LogP contribution < -0.4 is 0 Å². The van der Waals surface area contributed by atoms with Gasteiger partial charge in [-0.15, -0.1) is 0 Å². The number of carboxylic acids is 1. The number of aliphatic carboxylic acids is 1. The maximum Gasteiger partial charge on any atom is 0.306 e. The van der Waals surface area contributed by atoms with Gasteiger partial charge in [0.1, 0.15) is 29.9 Å². The van der Waals surface area contributed by atoms with Crippen molar-refractivity contribution in [2.45, 2.75) is 31.9 Å². The zero-order valence-corrected chi connectivity index (χ0v) is 12.5. The molecule has 2 rings (SSSR count). The van der Waals surface area contributed by atoms with E-state index in [4.69, 9.17) is 0 Å². The van der Waals surface area contributed by atoms with Crippen LogP contribution in [0.3, 0.4) is 0 Å². The van der Waals surface area contributed by atoms with Crippen molar-refractivity contribution in [3.8, 4) is 0 Å². The molecule has 1 unspecified atom stereocenters. The molecule has 1 aromatic heterocycles. The number of aromatic nitrogens is 3. The van der Waals surface area contributed by atoms with Gasteiger partial charge in [0.2, 0.25) is 0 Å². The van der Waals surface area contributed by atoms with Gasteiger partial charge in [-0.25, -0.2) is 18.4 Å². The first-order valence-corrected chi connectivity index (χ1v) is 7.09. The van der Waals surface area contributed by atoms with Gasteiger partial charge >= 0.3 is 5.97 Å². The van der Waals surface area contributed by atoms with Gasteiger partial charge in [0, 0.05) is 11.6 Å². The highest BCUT2D eigenvalue weighted by Crippen LogP contribution is 2.33. The minimum atomic E-state index is -1.86. The molecule has 0 spiro atoms. The monoisotopic (exact) mass is 325 g/mol. The molecule has 0 aliphatic carbocycles. The molecular weight excluding hydrogens is 308 g/mol. The van der Waals surface area contributed by atoms with E-state index in [1.54, 1.807) is 6.92 Å². The molecule has 0 radical (unpaired) electrons. The van der Waals surface area contributed by atoms with Crippen LogP contribution in [0.4, 0.5) is 8.78 Å². The van der Waals surface area contributed by atoms with Gasteiger partial charge in [0.15, 0.2) is 0 Å². The van der Waals surface area contributed by atoms with Gasteiger partial charge in [0.05, 0.1) is 12.5 Å². The maximum atomic E-state index is 14.1. The number of rotatable bonds is 7. The van der Waals surface area contributed by atoms with Gasteiger partial charge in [-0.1, -0.05) is 13.0 Å². The minimum absolute atomic E-state index is 0.172. The Morgan fingerprint density at radius 1 is 1.43 bits per heavy atom. The van der Waals surface area contributed by atoms with E-state index in [1.165, 1.54) is 17.3 Å². The molecule has 8 heteroatoms. The molecule has 0 amide bonds. The molecule has 0 saturated heterocycles. The third-order valence-electron chi connectivity index (χ3n) is 3.75. The molecule has 23 heavy (non-hydrogen) atoms. The van der Waals surface area contributed by atoms with E-state index in [9.17, 15) is 23.8 Å². The van der Waals surface area contributed by atoms with Crippen LogP contribution in [0, 0.1) is 17.6 Å². The second-order valence-electron chi connectivity index (χ2n) is 5.40. The minimum Gasteiger partial charge on any atom is -0.481 e. The largest absolute Gasteiger partial charge is 0.481 e. The van der Waals surface area contributed by atoms with Crippen molar-refractivity contribution >= 4 is 5.97 Å². The summed E-state index contributed by atoms with van der Waals surface area (Å²) in [6.07, 6.45) is 2.60. The molecule has 2 aromatic rings. The van der Waals surface area contributed by atoms with E-state index >= 15 is 0 Å². The molecule has 1 aromatic carbocycles. The van der Waals surface area contributed by atoms with Crippen LogP contribution >= 0.6 is 0 Å². The highest BCUT2D eigenvalue weighted by atomic mass is 19.1. The Kier molecular flexibility index (Phi) is 5.05. The Morgan fingerprint density at radius 3 is 2.70 bits per heavy atom. The maximum absolute atomic E-state index is 14.1. The zero-order chi connectivity index (χ0) is 17.0. The van der Waals surface area contributed by atoms with Crippen LogP contribution in [0.15, 0.2) is 30.9 Å². The molecule has 2 atom stereocenters. The number of carbonyl (C=O) groups is 1. The summed E-state index contributed by atoms with van der Waals surface area (Å²) in [6.45, 7) is 1.47. The van der Waals surface area contributed by atoms with Gasteiger partial charge in [-0.3, -0.25) is 4.79 Å². The SMILES string of the molecule is CC[C@H](CC(O)(Cn1cncn1)c1ccc(F)cc1F)C(=O)O.